The third-order valence-electron chi connectivity index (χ3n) is 4.90. The molecular formula is C22H25F2NO5. The topological polar surface area (TPSA) is 79.2 Å². The number of hydrogen-bond donors (Lipinski definition) is 2. The molecule has 0 aliphatic carbocycles. The molecule has 1 saturated heterocycles. The van der Waals surface area contributed by atoms with Gasteiger partial charge in [-0.05, 0) is 36.6 Å². The molecule has 0 aromatic heterocycles. The van der Waals surface area contributed by atoms with Gasteiger partial charge in [-0.2, -0.15) is 0 Å². The average molecular weight is 421 g/mol. The molecule has 0 bridgehead atoms. The Morgan fingerprint density at radius 3 is 2.77 bits per heavy atom. The summed E-state index contributed by atoms with van der Waals surface area (Å²) in [4.78, 5) is 12.8. The molecule has 2 aromatic rings. The summed E-state index contributed by atoms with van der Waals surface area (Å²) in [5.41, 5.74) is 0.785. The molecule has 6 nitrogen and oxygen atoms in total. The summed E-state index contributed by atoms with van der Waals surface area (Å²) in [6.45, 7) is 1.73. The summed E-state index contributed by atoms with van der Waals surface area (Å²) in [7, 11) is 0. The van der Waals surface area contributed by atoms with Crippen LogP contribution in [0.15, 0.2) is 42.5 Å². The van der Waals surface area contributed by atoms with Gasteiger partial charge in [-0.15, -0.1) is 0 Å². The largest absolute Gasteiger partial charge is 0.491 e. The molecule has 2 atom stereocenters. The molecule has 162 valence electrons. The normalized spacial score (nSPS) is 17.6. The van der Waals surface area contributed by atoms with Gasteiger partial charge < -0.3 is 19.7 Å². The first-order valence-corrected chi connectivity index (χ1v) is 9.85. The van der Waals surface area contributed by atoms with Gasteiger partial charge >= 0.3 is 5.97 Å². The van der Waals surface area contributed by atoms with E-state index in [2.05, 4.69) is 0 Å². The predicted molar refractivity (Wildman–Crippen MR) is 106 cm³/mol. The number of halogens is 2. The maximum atomic E-state index is 13.3. The maximum absolute atomic E-state index is 13.3. The number of carboxylic acids is 1. The lowest BCUT2D eigenvalue weighted by atomic mass is 10.1. The summed E-state index contributed by atoms with van der Waals surface area (Å²) < 4.78 is 37.7. The number of aliphatic hydroxyl groups excluding tert-OH is 1. The molecule has 8 heteroatoms. The number of carboxylic acid groups (broad SMARTS) is 1. The highest BCUT2D eigenvalue weighted by atomic mass is 19.2. The van der Waals surface area contributed by atoms with Gasteiger partial charge in [0.05, 0.1) is 0 Å². The summed E-state index contributed by atoms with van der Waals surface area (Å²) in [5, 5.41) is 19.2. The van der Waals surface area contributed by atoms with Crippen LogP contribution in [0.2, 0.25) is 0 Å². The molecule has 1 aliphatic heterocycles. The van der Waals surface area contributed by atoms with Gasteiger partial charge in [0.2, 0.25) is 0 Å². The second-order valence-electron chi connectivity index (χ2n) is 7.33. The fourth-order valence-electron chi connectivity index (χ4n) is 3.43. The Labute approximate surface area is 173 Å². The highest BCUT2D eigenvalue weighted by Gasteiger charge is 2.26. The fourth-order valence-corrected chi connectivity index (χ4v) is 3.43. The van der Waals surface area contributed by atoms with Crippen LogP contribution in [0, 0.1) is 11.6 Å². The van der Waals surface area contributed by atoms with Crippen LogP contribution in [0.1, 0.15) is 18.4 Å². The van der Waals surface area contributed by atoms with Gasteiger partial charge in [-0.25, -0.2) is 8.78 Å². The average Bonchev–Trinajstić information content (AvgIpc) is 3.14. The first-order valence-electron chi connectivity index (χ1n) is 9.85. The van der Waals surface area contributed by atoms with Crippen molar-refractivity contribution in [2.45, 2.75) is 31.5 Å². The van der Waals surface area contributed by atoms with Gasteiger partial charge in [-0.1, -0.05) is 18.2 Å². The van der Waals surface area contributed by atoms with Crippen LogP contribution in [-0.2, 0) is 11.2 Å². The van der Waals surface area contributed by atoms with Gasteiger partial charge in [0.15, 0.2) is 11.6 Å². The molecule has 30 heavy (non-hydrogen) atoms. The van der Waals surface area contributed by atoms with E-state index in [1.165, 1.54) is 6.07 Å². The summed E-state index contributed by atoms with van der Waals surface area (Å²) in [5.74, 6) is -1.89. The van der Waals surface area contributed by atoms with Crippen LogP contribution in [0.25, 0.3) is 0 Å². The maximum Gasteiger partial charge on any atom is 0.303 e. The predicted octanol–water partition coefficient (Wildman–Crippen LogP) is 2.88. The zero-order chi connectivity index (χ0) is 21.5. The van der Waals surface area contributed by atoms with E-state index < -0.39 is 23.7 Å². The summed E-state index contributed by atoms with van der Waals surface area (Å²) in [6.07, 6.45) is 0.177. The molecule has 0 amide bonds. The van der Waals surface area contributed by atoms with Crippen molar-refractivity contribution in [3.63, 3.8) is 0 Å². The van der Waals surface area contributed by atoms with Crippen LogP contribution < -0.4 is 9.47 Å². The zero-order valence-electron chi connectivity index (χ0n) is 16.5. The van der Waals surface area contributed by atoms with Crippen LogP contribution in [0.3, 0.4) is 0 Å². The van der Waals surface area contributed by atoms with E-state index in [1.807, 2.05) is 17.0 Å². The lowest BCUT2D eigenvalue weighted by molar-refractivity contribution is -0.136. The molecular weight excluding hydrogens is 396 g/mol. The number of likely N-dealkylation sites (tertiary alicyclic amines) is 1. The van der Waals surface area contributed by atoms with Gasteiger partial charge in [0.1, 0.15) is 30.3 Å². The van der Waals surface area contributed by atoms with E-state index in [9.17, 15) is 18.7 Å². The summed E-state index contributed by atoms with van der Waals surface area (Å²) >= 11 is 0. The molecule has 2 N–H and O–H groups in total. The lowest BCUT2D eigenvalue weighted by Crippen LogP contribution is -2.35. The van der Waals surface area contributed by atoms with Crippen LogP contribution in [-0.4, -0.2) is 59.5 Å². The second kappa shape index (κ2) is 10.4. The number of para-hydroxylation sites is 1. The Morgan fingerprint density at radius 1 is 1.20 bits per heavy atom. The smallest absolute Gasteiger partial charge is 0.303 e. The Bertz CT molecular complexity index is 863. The number of aliphatic carboxylic acids is 1. The van der Waals surface area contributed by atoms with Gasteiger partial charge in [0, 0.05) is 32.1 Å². The standard InChI is InChI=1S/C22H25F2NO5/c23-19-7-6-17(11-20(19)24)30-18-9-10-25(13-18)12-16(26)14-29-21-4-2-1-3-15(21)5-8-22(27)28/h1-4,6-7,11,16,18,26H,5,8-10,12-14H2,(H,27,28). The van der Waals surface area contributed by atoms with E-state index in [1.54, 1.807) is 12.1 Å². The second-order valence-corrected chi connectivity index (χ2v) is 7.33. The van der Waals surface area contributed by atoms with E-state index in [0.717, 1.165) is 17.7 Å². The minimum absolute atomic E-state index is 0.00997. The van der Waals surface area contributed by atoms with Crippen molar-refractivity contribution in [2.75, 3.05) is 26.2 Å². The number of rotatable bonds is 10. The van der Waals surface area contributed by atoms with Crippen LogP contribution in [0.5, 0.6) is 11.5 Å². The highest BCUT2D eigenvalue weighted by molar-refractivity contribution is 5.67. The Hall–Kier alpha value is -2.71. The van der Waals surface area contributed by atoms with Crippen LogP contribution in [0.4, 0.5) is 8.78 Å². The molecule has 2 aromatic carbocycles. The van der Waals surface area contributed by atoms with Crippen molar-refractivity contribution >= 4 is 5.97 Å². The Kier molecular flexibility index (Phi) is 7.59. The molecule has 0 saturated carbocycles. The first-order chi connectivity index (χ1) is 14.4. The number of carbonyl (C=O) groups is 1. The third kappa shape index (κ3) is 6.40. The number of nitrogens with zero attached hydrogens (tertiary/aromatic N) is 1. The minimum atomic E-state index is -0.946. The molecule has 1 fully saturated rings. The Balaban J connectivity index is 1.44. The number of β-amino-alcohol motifs (C(OH)–C–C–N with tert-alkyl or cyclic N) is 1. The van der Waals surface area contributed by atoms with Crippen molar-refractivity contribution in [1.82, 2.24) is 4.90 Å². The molecule has 1 aliphatic rings. The number of benzene rings is 2. The van der Waals surface area contributed by atoms with E-state index in [4.69, 9.17) is 14.6 Å². The van der Waals surface area contributed by atoms with Crippen molar-refractivity contribution < 1.29 is 33.3 Å². The number of ether oxygens (including phenoxy) is 2. The summed E-state index contributed by atoms with van der Waals surface area (Å²) in [6, 6.07) is 10.6. The van der Waals surface area contributed by atoms with Crippen molar-refractivity contribution in [3.8, 4) is 11.5 Å². The molecule has 0 radical (unpaired) electrons. The molecule has 0 spiro atoms. The van der Waals surface area contributed by atoms with Gasteiger partial charge in [-0.3, -0.25) is 9.69 Å². The lowest BCUT2D eigenvalue weighted by Gasteiger charge is -2.21. The van der Waals surface area contributed by atoms with E-state index in [0.29, 0.717) is 38.2 Å². The number of aliphatic hydroxyl groups is 1. The van der Waals surface area contributed by atoms with Gasteiger partial charge in [0.25, 0.3) is 0 Å². The van der Waals surface area contributed by atoms with Crippen molar-refractivity contribution in [1.29, 1.82) is 0 Å². The SMILES string of the molecule is O=C(O)CCc1ccccc1OCC(O)CN1CCC(Oc2ccc(F)c(F)c2)C1. The van der Waals surface area contributed by atoms with E-state index in [-0.39, 0.29) is 24.9 Å². The first kappa shape index (κ1) is 22.0. The number of hydrogen-bond acceptors (Lipinski definition) is 5. The third-order valence-corrected chi connectivity index (χ3v) is 4.90. The van der Waals surface area contributed by atoms with Crippen molar-refractivity contribution in [2.24, 2.45) is 0 Å². The van der Waals surface area contributed by atoms with Crippen molar-refractivity contribution in [3.05, 3.63) is 59.7 Å². The van der Waals surface area contributed by atoms with E-state index >= 15 is 0 Å². The molecule has 2 unspecified atom stereocenters. The van der Waals surface area contributed by atoms with Crippen LogP contribution >= 0.6 is 0 Å². The minimum Gasteiger partial charge on any atom is -0.491 e. The fraction of sp³-hybridized carbons (Fsp3) is 0.409. The molecule has 1 heterocycles. The monoisotopic (exact) mass is 421 g/mol. The zero-order valence-corrected chi connectivity index (χ0v) is 16.5. The number of aryl methyl sites for hydroxylation is 1. The quantitative estimate of drug-likeness (QED) is 0.614. The highest BCUT2D eigenvalue weighted by Crippen LogP contribution is 2.22. The Morgan fingerprint density at radius 2 is 2.00 bits per heavy atom. The molecule has 3 rings (SSSR count).